The zero-order valence-corrected chi connectivity index (χ0v) is 11.7. The molecule has 0 N–H and O–H groups in total. The van der Waals surface area contributed by atoms with Gasteiger partial charge < -0.3 is 0 Å². The van der Waals surface area contributed by atoms with E-state index in [1.54, 1.807) is 6.08 Å². The molecule has 0 unspecified atom stereocenters. The molecular weight excluding hydrogens is 244 g/mol. The number of aromatic nitrogens is 1. The summed E-state index contributed by atoms with van der Waals surface area (Å²) in [7, 11) is 0. The molecule has 0 aromatic carbocycles. The lowest BCUT2D eigenvalue weighted by atomic mass is 9.50. The quantitative estimate of drug-likeness (QED) is 0.755. The number of nitriles is 1. The van der Waals surface area contributed by atoms with Crippen LogP contribution in [0.25, 0.3) is 5.57 Å². The van der Waals surface area contributed by atoms with Crippen LogP contribution in [0.2, 0.25) is 0 Å². The fourth-order valence-electron chi connectivity index (χ4n) is 5.38. The second kappa shape index (κ2) is 4.74. The molecule has 4 aliphatic rings. The van der Waals surface area contributed by atoms with Crippen LogP contribution in [0.1, 0.15) is 37.8 Å². The minimum atomic E-state index is 0.581. The maximum Gasteiger partial charge on any atom is 0.0915 e. The summed E-state index contributed by atoms with van der Waals surface area (Å²) in [4.78, 5) is 4.51. The first-order valence-electron chi connectivity index (χ1n) is 7.86. The smallest absolute Gasteiger partial charge is 0.0915 e. The Balaban J connectivity index is 1.71. The Morgan fingerprint density at radius 2 is 1.80 bits per heavy atom. The van der Waals surface area contributed by atoms with Crippen LogP contribution in [-0.4, -0.2) is 4.98 Å². The van der Waals surface area contributed by atoms with Crippen LogP contribution < -0.4 is 0 Å². The topological polar surface area (TPSA) is 36.7 Å². The highest BCUT2D eigenvalue weighted by molar-refractivity contribution is 5.67. The number of rotatable bonds is 2. The first-order chi connectivity index (χ1) is 9.85. The highest BCUT2D eigenvalue weighted by atomic mass is 14.7. The molecule has 2 nitrogen and oxygen atoms in total. The van der Waals surface area contributed by atoms with E-state index in [4.69, 9.17) is 0 Å². The molecule has 0 amide bonds. The summed E-state index contributed by atoms with van der Waals surface area (Å²) in [5, 5.41) is 9.20. The molecule has 4 aliphatic carbocycles. The molecule has 2 heteroatoms. The molecular formula is C18H20N2. The van der Waals surface area contributed by atoms with Crippen molar-refractivity contribution in [3.8, 4) is 6.07 Å². The number of hydrogen-bond donors (Lipinski definition) is 0. The Morgan fingerprint density at radius 1 is 1.10 bits per heavy atom. The molecule has 5 rings (SSSR count). The average molecular weight is 264 g/mol. The second-order valence-electron chi connectivity index (χ2n) is 6.90. The van der Waals surface area contributed by atoms with Crippen molar-refractivity contribution in [1.29, 1.82) is 5.26 Å². The Kier molecular flexibility index (Phi) is 2.88. The normalized spacial score (nSPS) is 38.8. The average Bonchev–Trinajstić information content (AvgIpc) is 2.46. The highest BCUT2D eigenvalue weighted by Gasteiger charge is 2.49. The lowest BCUT2D eigenvalue weighted by Crippen LogP contribution is -2.45. The summed E-state index contributed by atoms with van der Waals surface area (Å²) in [5.74, 6) is 4.12. The first kappa shape index (κ1) is 12.1. The van der Waals surface area contributed by atoms with Crippen molar-refractivity contribution in [2.45, 2.75) is 32.1 Å². The Hall–Kier alpha value is -1.62. The fourth-order valence-corrected chi connectivity index (χ4v) is 5.38. The number of allylic oxidation sites excluding steroid dienone is 2. The standard InChI is InChI=1S/C18H20N2/c19-5-4-16(17-3-1-2-6-20-17)18-14-8-12-7-13(10-14)11-15(18)9-12/h1-4,6,12-15,18H,7-11H2/b16-4+. The third-order valence-corrected chi connectivity index (χ3v) is 5.77. The summed E-state index contributed by atoms with van der Waals surface area (Å²) in [6, 6.07) is 8.32. The van der Waals surface area contributed by atoms with Gasteiger partial charge in [-0.2, -0.15) is 5.26 Å². The summed E-state index contributed by atoms with van der Waals surface area (Å²) in [6.45, 7) is 0. The van der Waals surface area contributed by atoms with E-state index in [2.05, 4.69) is 17.1 Å². The number of nitrogens with zero attached hydrogens (tertiary/aromatic N) is 2. The van der Waals surface area contributed by atoms with Gasteiger partial charge in [0, 0.05) is 12.3 Å². The highest BCUT2D eigenvalue weighted by Crippen LogP contribution is 2.59. The molecule has 20 heavy (non-hydrogen) atoms. The molecule has 1 aromatic heterocycles. The van der Waals surface area contributed by atoms with E-state index in [-0.39, 0.29) is 0 Å². The van der Waals surface area contributed by atoms with Crippen LogP contribution in [0.5, 0.6) is 0 Å². The van der Waals surface area contributed by atoms with Crippen LogP contribution in [-0.2, 0) is 0 Å². The molecule has 0 atom stereocenters. The van der Waals surface area contributed by atoms with Crippen LogP contribution in [0.15, 0.2) is 30.5 Å². The Bertz CT molecular complexity index is 539. The maximum absolute atomic E-state index is 9.20. The van der Waals surface area contributed by atoms with E-state index < -0.39 is 0 Å². The van der Waals surface area contributed by atoms with Crippen LogP contribution in [0.3, 0.4) is 0 Å². The van der Waals surface area contributed by atoms with Gasteiger partial charge in [-0.05, 0) is 79.4 Å². The van der Waals surface area contributed by atoms with E-state index in [0.29, 0.717) is 5.92 Å². The molecule has 4 saturated carbocycles. The van der Waals surface area contributed by atoms with Crippen molar-refractivity contribution >= 4 is 5.57 Å². The monoisotopic (exact) mass is 264 g/mol. The largest absolute Gasteiger partial charge is 0.257 e. The number of pyridine rings is 1. The SMILES string of the molecule is N#C/C=C(\c1ccccn1)C1C2CC3CC(C2)CC1C3. The minimum Gasteiger partial charge on any atom is -0.257 e. The molecule has 4 bridgehead atoms. The van der Waals surface area contributed by atoms with E-state index in [0.717, 1.165) is 29.4 Å². The van der Waals surface area contributed by atoms with Crippen LogP contribution in [0, 0.1) is 40.9 Å². The van der Waals surface area contributed by atoms with Gasteiger partial charge in [0.2, 0.25) is 0 Å². The predicted molar refractivity (Wildman–Crippen MR) is 78.4 cm³/mol. The summed E-state index contributed by atoms with van der Waals surface area (Å²) in [6.07, 6.45) is 10.6. The van der Waals surface area contributed by atoms with Crippen molar-refractivity contribution < 1.29 is 0 Å². The zero-order chi connectivity index (χ0) is 13.5. The Morgan fingerprint density at radius 3 is 2.35 bits per heavy atom. The van der Waals surface area contributed by atoms with Gasteiger partial charge in [-0.15, -0.1) is 0 Å². The molecule has 1 heterocycles. The van der Waals surface area contributed by atoms with Crippen LogP contribution in [0.4, 0.5) is 0 Å². The van der Waals surface area contributed by atoms with Gasteiger partial charge >= 0.3 is 0 Å². The van der Waals surface area contributed by atoms with Crippen molar-refractivity contribution in [2.24, 2.45) is 29.6 Å². The van der Waals surface area contributed by atoms with Gasteiger partial charge in [0.1, 0.15) is 0 Å². The van der Waals surface area contributed by atoms with E-state index in [1.165, 1.54) is 37.7 Å². The molecule has 0 spiro atoms. The van der Waals surface area contributed by atoms with Gasteiger partial charge in [0.15, 0.2) is 0 Å². The van der Waals surface area contributed by atoms with Crippen molar-refractivity contribution in [3.63, 3.8) is 0 Å². The molecule has 102 valence electrons. The zero-order valence-electron chi connectivity index (χ0n) is 11.7. The van der Waals surface area contributed by atoms with E-state index >= 15 is 0 Å². The van der Waals surface area contributed by atoms with Gasteiger partial charge in [-0.3, -0.25) is 4.98 Å². The summed E-state index contributed by atoms with van der Waals surface area (Å²) >= 11 is 0. The third kappa shape index (κ3) is 1.88. The summed E-state index contributed by atoms with van der Waals surface area (Å²) in [5.41, 5.74) is 2.23. The second-order valence-corrected chi connectivity index (χ2v) is 6.90. The first-order valence-corrected chi connectivity index (χ1v) is 7.86. The van der Waals surface area contributed by atoms with E-state index in [9.17, 15) is 5.26 Å². The molecule has 0 saturated heterocycles. The van der Waals surface area contributed by atoms with Crippen molar-refractivity contribution in [1.82, 2.24) is 4.98 Å². The number of hydrogen-bond acceptors (Lipinski definition) is 2. The van der Waals surface area contributed by atoms with Crippen LogP contribution >= 0.6 is 0 Å². The van der Waals surface area contributed by atoms with Gasteiger partial charge in [0.25, 0.3) is 0 Å². The van der Waals surface area contributed by atoms with E-state index in [1.807, 2.05) is 18.3 Å². The maximum atomic E-state index is 9.20. The summed E-state index contributed by atoms with van der Waals surface area (Å²) < 4.78 is 0. The van der Waals surface area contributed by atoms with Crippen molar-refractivity contribution in [2.75, 3.05) is 0 Å². The predicted octanol–water partition coefficient (Wildman–Crippen LogP) is 4.06. The molecule has 1 aromatic rings. The Labute approximate surface area is 120 Å². The minimum absolute atomic E-state index is 0.581. The fraction of sp³-hybridized carbons (Fsp3) is 0.556. The van der Waals surface area contributed by atoms with Crippen molar-refractivity contribution in [3.05, 3.63) is 36.2 Å². The molecule has 4 fully saturated rings. The molecule has 0 aliphatic heterocycles. The van der Waals surface area contributed by atoms with Gasteiger partial charge in [-0.1, -0.05) is 6.07 Å². The third-order valence-electron chi connectivity index (χ3n) is 5.77. The van der Waals surface area contributed by atoms with Gasteiger partial charge in [-0.25, -0.2) is 0 Å². The lowest BCUT2D eigenvalue weighted by molar-refractivity contribution is -0.0121. The molecule has 0 radical (unpaired) electrons. The lowest BCUT2D eigenvalue weighted by Gasteiger charge is -2.55. The van der Waals surface area contributed by atoms with Gasteiger partial charge in [0.05, 0.1) is 11.8 Å².